The Balaban J connectivity index is 2.05. The lowest BCUT2D eigenvalue weighted by molar-refractivity contribution is 0.0523. The van der Waals surface area contributed by atoms with Crippen LogP contribution in [0.1, 0.15) is 57.2 Å². The molecule has 2 rings (SSSR count). The summed E-state index contributed by atoms with van der Waals surface area (Å²) >= 11 is 0. The fourth-order valence-electron chi connectivity index (χ4n) is 2.56. The first-order valence-electron chi connectivity index (χ1n) is 9.59. The van der Waals surface area contributed by atoms with Gasteiger partial charge in [-0.2, -0.15) is 0 Å². The van der Waals surface area contributed by atoms with Gasteiger partial charge in [0.05, 0.1) is 0 Å². The number of alkyl carbamates (subject to hydrolysis) is 1. The van der Waals surface area contributed by atoms with Crippen LogP contribution in [-0.2, 0) is 11.3 Å². The summed E-state index contributed by atoms with van der Waals surface area (Å²) in [5.74, 6) is 1.15. The second-order valence-electron chi connectivity index (χ2n) is 8.11. The summed E-state index contributed by atoms with van der Waals surface area (Å²) in [6.45, 7) is 10.6. The van der Waals surface area contributed by atoms with E-state index in [1.807, 2.05) is 45.0 Å². The van der Waals surface area contributed by atoms with Crippen LogP contribution in [0, 0.1) is 5.92 Å². The number of amides is 2. The Morgan fingerprint density at radius 2 is 1.79 bits per heavy atom. The molecule has 6 heteroatoms. The molecule has 0 aliphatic heterocycles. The monoisotopic (exact) mass is 386 g/mol. The number of furan rings is 1. The second kappa shape index (κ2) is 9.44. The number of carbonyl (C=O) groups is 2. The first-order valence-corrected chi connectivity index (χ1v) is 9.59. The van der Waals surface area contributed by atoms with Gasteiger partial charge in [0, 0.05) is 18.7 Å². The predicted molar refractivity (Wildman–Crippen MR) is 109 cm³/mol. The Morgan fingerprint density at radius 3 is 2.46 bits per heavy atom. The van der Waals surface area contributed by atoms with Gasteiger partial charge >= 0.3 is 6.09 Å². The molecule has 0 saturated heterocycles. The van der Waals surface area contributed by atoms with E-state index in [1.165, 1.54) is 0 Å². The third-order valence-corrected chi connectivity index (χ3v) is 3.94. The van der Waals surface area contributed by atoms with Crippen LogP contribution >= 0.6 is 0 Å². The van der Waals surface area contributed by atoms with Gasteiger partial charge in [0.1, 0.15) is 11.4 Å². The zero-order valence-electron chi connectivity index (χ0n) is 17.3. The average molecular weight is 386 g/mol. The summed E-state index contributed by atoms with van der Waals surface area (Å²) in [4.78, 5) is 24.1. The summed E-state index contributed by atoms with van der Waals surface area (Å²) in [5, 5.41) is 5.62. The van der Waals surface area contributed by atoms with E-state index in [4.69, 9.17) is 9.15 Å². The second-order valence-corrected chi connectivity index (χ2v) is 8.11. The molecule has 0 unspecified atom stereocenters. The third-order valence-electron chi connectivity index (χ3n) is 3.94. The van der Waals surface area contributed by atoms with Crippen molar-refractivity contribution in [2.45, 2.75) is 53.2 Å². The molecule has 0 fully saturated rings. The van der Waals surface area contributed by atoms with Crippen molar-refractivity contribution in [2.75, 3.05) is 6.54 Å². The van der Waals surface area contributed by atoms with Gasteiger partial charge in [-0.1, -0.05) is 38.1 Å². The smallest absolute Gasteiger partial charge is 0.407 e. The lowest BCUT2D eigenvalue weighted by Gasteiger charge is -2.20. The maximum absolute atomic E-state index is 12.2. The van der Waals surface area contributed by atoms with Gasteiger partial charge in [0.15, 0.2) is 5.76 Å². The summed E-state index contributed by atoms with van der Waals surface area (Å²) in [6, 6.07) is 11.0. The molecule has 152 valence electrons. The van der Waals surface area contributed by atoms with Gasteiger partial charge in [0.25, 0.3) is 5.91 Å². The summed E-state index contributed by atoms with van der Waals surface area (Å²) in [7, 11) is 0. The molecule has 0 aliphatic rings. The lowest BCUT2D eigenvalue weighted by atomic mass is 10.1. The van der Waals surface area contributed by atoms with Crippen LogP contribution in [0.3, 0.4) is 0 Å². The van der Waals surface area contributed by atoms with Crippen molar-refractivity contribution in [3.63, 3.8) is 0 Å². The van der Waals surface area contributed by atoms with Gasteiger partial charge in [-0.25, -0.2) is 4.79 Å². The van der Waals surface area contributed by atoms with Crippen molar-refractivity contribution >= 4 is 12.0 Å². The molecule has 0 atom stereocenters. The van der Waals surface area contributed by atoms with Crippen LogP contribution in [-0.4, -0.2) is 24.1 Å². The SMILES string of the molecule is CC(C)CCNC(=O)c1ccc(-c2ccccc2CNC(=O)OC(C)(C)C)o1. The Kier molecular flexibility index (Phi) is 7.26. The van der Waals surface area contributed by atoms with Gasteiger partial charge < -0.3 is 19.8 Å². The minimum absolute atomic E-state index is 0.226. The normalized spacial score (nSPS) is 11.4. The Bertz CT molecular complexity index is 803. The van der Waals surface area contributed by atoms with Crippen LogP contribution in [0.5, 0.6) is 0 Å². The molecule has 2 N–H and O–H groups in total. The molecule has 1 aromatic heterocycles. The minimum atomic E-state index is -0.553. The molecule has 1 aromatic carbocycles. The van der Waals surface area contributed by atoms with E-state index in [0.717, 1.165) is 17.5 Å². The summed E-state index contributed by atoms with van der Waals surface area (Å²) in [6.07, 6.45) is 0.435. The molecule has 0 saturated carbocycles. The van der Waals surface area contributed by atoms with Crippen molar-refractivity contribution in [1.82, 2.24) is 10.6 Å². The highest BCUT2D eigenvalue weighted by molar-refractivity contribution is 5.92. The van der Waals surface area contributed by atoms with E-state index >= 15 is 0 Å². The zero-order valence-corrected chi connectivity index (χ0v) is 17.3. The molecule has 0 radical (unpaired) electrons. The van der Waals surface area contributed by atoms with Crippen molar-refractivity contribution in [3.05, 3.63) is 47.7 Å². The number of hydrogen-bond donors (Lipinski definition) is 2. The number of ether oxygens (including phenoxy) is 1. The first kappa shape index (κ1) is 21.5. The van der Waals surface area contributed by atoms with Crippen LogP contribution in [0.2, 0.25) is 0 Å². The highest BCUT2D eigenvalue weighted by atomic mass is 16.6. The van der Waals surface area contributed by atoms with Gasteiger partial charge in [-0.05, 0) is 50.8 Å². The molecule has 28 heavy (non-hydrogen) atoms. The molecule has 6 nitrogen and oxygen atoms in total. The zero-order chi connectivity index (χ0) is 20.7. The molecule has 2 amide bonds. The quantitative estimate of drug-likeness (QED) is 0.720. The fourth-order valence-corrected chi connectivity index (χ4v) is 2.56. The third kappa shape index (κ3) is 6.76. The number of benzene rings is 1. The maximum Gasteiger partial charge on any atom is 0.407 e. The molecular formula is C22H30N2O4. The van der Waals surface area contributed by atoms with E-state index in [0.29, 0.717) is 24.8 Å². The number of carbonyl (C=O) groups excluding carboxylic acids is 2. The number of rotatable bonds is 7. The highest BCUT2D eigenvalue weighted by Crippen LogP contribution is 2.26. The van der Waals surface area contributed by atoms with Crippen molar-refractivity contribution in [2.24, 2.45) is 5.92 Å². The number of nitrogens with one attached hydrogen (secondary N) is 2. The van der Waals surface area contributed by atoms with E-state index in [2.05, 4.69) is 24.5 Å². The predicted octanol–water partition coefficient (Wildman–Crippen LogP) is 4.75. The van der Waals surface area contributed by atoms with Crippen LogP contribution in [0.15, 0.2) is 40.8 Å². The summed E-state index contributed by atoms with van der Waals surface area (Å²) < 4.78 is 11.0. The largest absolute Gasteiger partial charge is 0.451 e. The fraction of sp³-hybridized carbons (Fsp3) is 0.455. The standard InChI is InChI=1S/C22H30N2O4/c1-15(2)12-13-23-20(25)19-11-10-18(27-19)17-9-7-6-8-16(17)14-24-21(26)28-22(3,4)5/h6-11,15H,12-14H2,1-5H3,(H,23,25)(H,24,26). The van der Waals surface area contributed by atoms with Gasteiger partial charge in [-0.15, -0.1) is 0 Å². The lowest BCUT2D eigenvalue weighted by Crippen LogP contribution is -2.32. The number of hydrogen-bond acceptors (Lipinski definition) is 4. The van der Waals surface area contributed by atoms with Crippen LogP contribution in [0.25, 0.3) is 11.3 Å². The summed E-state index contributed by atoms with van der Waals surface area (Å²) in [5.41, 5.74) is 1.14. The topological polar surface area (TPSA) is 80.6 Å². The Labute approximate surface area is 166 Å². The van der Waals surface area contributed by atoms with E-state index < -0.39 is 11.7 Å². The molecule has 0 aliphatic carbocycles. The van der Waals surface area contributed by atoms with Crippen molar-refractivity contribution in [3.8, 4) is 11.3 Å². The Hall–Kier alpha value is -2.76. The highest BCUT2D eigenvalue weighted by Gasteiger charge is 2.17. The van der Waals surface area contributed by atoms with Gasteiger partial charge in [-0.3, -0.25) is 4.79 Å². The average Bonchev–Trinajstić information content (AvgIpc) is 3.08. The first-order chi connectivity index (χ1) is 13.2. The van der Waals surface area contributed by atoms with E-state index in [9.17, 15) is 9.59 Å². The molecule has 0 bridgehead atoms. The minimum Gasteiger partial charge on any atom is -0.451 e. The van der Waals surface area contributed by atoms with E-state index in [-0.39, 0.29) is 11.7 Å². The van der Waals surface area contributed by atoms with Gasteiger partial charge in [0.2, 0.25) is 0 Å². The molecule has 2 aromatic rings. The molecule has 0 spiro atoms. The van der Waals surface area contributed by atoms with E-state index in [1.54, 1.807) is 12.1 Å². The Morgan fingerprint density at radius 1 is 1.07 bits per heavy atom. The van der Waals surface area contributed by atoms with Crippen molar-refractivity contribution in [1.29, 1.82) is 0 Å². The van der Waals surface area contributed by atoms with Crippen molar-refractivity contribution < 1.29 is 18.7 Å². The molecular weight excluding hydrogens is 356 g/mol. The molecule has 1 heterocycles. The van der Waals surface area contributed by atoms with Crippen LogP contribution in [0.4, 0.5) is 4.79 Å². The van der Waals surface area contributed by atoms with Crippen LogP contribution < -0.4 is 10.6 Å². The maximum atomic E-state index is 12.2.